The molecule has 1 aromatic rings. The normalized spacial score (nSPS) is 18.6. The van der Waals surface area contributed by atoms with Gasteiger partial charge in [0.05, 0.1) is 0 Å². The number of hydrogen-bond acceptors (Lipinski definition) is 3. The lowest BCUT2D eigenvalue weighted by atomic mass is 9.98. The summed E-state index contributed by atoms with van der Waals surface area (Å²) in [6, 6.07) is 6.86. The van der Waals surface area contributed by atoms with E-state index < -0.39 is 0 Å². The van der Waals surface area contributed by atoms with Crippen LogP contribution in [0, 0.1) is 5.92 Å². The molecule has 0 aliphatic carbocycles. The molecule has 0 saturated carbocycles. The van der Waals surface area contributed by atoms with Gasteiger partial charge in [0, 0.05) is 19.0 Å². The Morgan fingerprint density at radius 3 is 2.50 bits per heavy atom. The van der Waals surface area contributed by atoms with Crippen LogP contribution in [0.5, 0.6) is 11.5 Å². The maximum absolute atomic E-state index is 9.09. The highest BCUT2D eigenvalue weighted by Gasteiger charge is 2.24. The van der Waals surface area contributed by atoms with Crippen molar-refractivity contribution in [3.05, 3.63) is 24.3 Å². The van der Waals surface area contributed by atoms with Crippen molar-refractivity contribution in [1.29, 1.82) is 0 Å². The van der Waals surface area contributed by atoms with Crippen molar-refractivity contribution < 1.29 is 9.84 Å². The largest absolute Gasteiger partial charge is 0.508 e. The summed E-state index contributed by atoms with van der Waals surface area (Å²) in [5, 5.41) is 12.3. The second-order valence-corrected chi connectivity index (χ2v) is 3.74. The fraction of sp³-hybridized carbons (Fsp3) is 0.455. The van der Waals surface area contributed by atoms with E-state index in [1.807, 2.05) is 0 Å². The molecule has 1 atom stereocenters. The van der Waals surface area contributed by atoms with E-state index in [0.717, 1.165) is 18.8 Å². The Balaban J connectivity index is 1.92. The number of rotatable bonds is 3. The molecular weight excluding hydrogens is 178 g/mol. The van der Waals surface area contributed by atoms with Crippen LogP contribution < -0.4 is 10.1 Å². The lowest BCUT2D eigenvalue weighted by Gasteiger charge is -2.32. The van der Waals surface area contributed by atoms with Crippen molar-refractivity contribution in [2.24, 2.45) is 5.92 Å². The smallest absolute Gasteiger partial charge is 0.119 e. The SMILES string of the molecule is CC(Oc1ccc(O)cc1)C1CNC1. The minimum atomic E-state index is 0.237. The van der Waals surface area contributed by atoms with E-state index in [0.29, 0.717) is 5.92 Å². The summed E-state index contributed by atoms with van der Waals surface area (Å²) in [6.07, 6.45) is 0.237. The fourth-order valence-corrected chi connectivity index (χ4v) is 1.48. The maximum atomic E-state index is 9.09. The molecular formula is C11H15NO2. The Kier molecular flexibility index (Phi) is 2.59. The molecule has 1 aliphatic rings. The predicted octanol–water partition coefficient (Wildman–Crippen LogP) is 1.38. The van der Waals surface area contributed by atoms with Gasteiger partial charge >= 0.3 is 0 Å². The van der Waals surface area contributed by atoms with Crippen molar-refractivity contribution in [2.45, 2.75) is 13.0 Å². The number of ether oxygens (including phenoxy) is 1. The number of benzene rings is 1. The Morgan fingerprint density at radius 2 is 2.00 bits per heavy atom. The van der Waals surface area contributed by atoms with Gasteiger partial charge < -0.3 is 15.2 Å². The van der Waals surface area contributed by atoms with Crippen LogP contribution in [0.2, 0.25) is 0 Å². The molecule has 3 nitrogen and oxygen atoms in total. The van der Waals surface area contributed by atoms with Crippen LogP contribution in [0.15, 0.2) is 24.3 Å². The first-order valence-electron chi connectivity index (χ1n) is 4.92. The third-order valence-corrected chi connectivity index (χ3v) is 2.64. The predicted molar refractivity (Wildman–Crippen MR) is 54.6 cm³/mol. The average molecular weight is 193 g/mol. The van der Waals surface area contributed by atoms with Crippen molar-refractivity contribution in [3.63, 3.8) is 0 Å². The third kappa shape index (κ3) is 1.99. The first-order chi connectivity index (χ1) is 6.75. The van der Waals surface area contributed by atoms with Gasteiger partial charge in [-0.1, -0.05) is 0 Å². The van der Waals surface area contributed by atoms with Gasteiger partial charge in [0.15, 0.2) is 0 Å². The standard InChI is InChI=1S/C11H15NO2/c1-8(9-6-12-7-9)14-11-4-2-10(13)3-5-11/h2-5,8-9,12-13H,6-7H2,1H3. The first kappa shape index (κ1) is 9.34. The molecule has 2 rings (SSSR count). The summed E-state index contributed by atoms with van der Waals surface area (Å²) >= 11 is 0. The van der Waals surface area contributed by atoms with Crippen LogP contribution in [0.3, 0.4) is 0 Å². The average Bonchev–Trinajstić information content (AvgIpc) is 2.06. The van der Waals surface area contributed by atoms with Crippen LogP contribution in [0.25, 0.3) is 0 Å². The highest BCUT2D eigenvalue weighted by Crippen LogP contribution is 2.20. The molecule has 0 amide bonds. The van der Waals surface area contributed by atoms with E-state index in [1.54, 1.807) is 24.3 Å². The van der Waals surface area contributed by atoms with E-state index >= 15 is 0 Å². The Hall–Kier alpha value is -1.22. The van der Waals surface area contributed by atoms with Gasteiger partial charge in [0.1, 0.15) is 17.6 Å². The number of hydrogen-bond donors (Lipinski definition) is 2. The molecule has 1 saturated heterocycles. The van der Waals surface area contributed by atoms with Crippen LogP contribution >= 0.6 is 0 Å². The molecule has 1 aliphatic heterocycles. The molecule has 1 unspecified atom stereocenters. The Bertz CT molecular complexity index is 293. The molecule has 0 radical (unpaired) electrons. The number of phenolic OH excluding ortho intramolecular Hbond substituents is 1. The van der Waals surface area contributed by atoms with Gasteiger partial charge in [-0.2, -0.15) is 0 Å². The van der Waals surface area contributed by atoms with Crippen LogP contribution in [-0.4, -0.2) is 24.3 Å². The second kappa shape index (κ2) is 3.88. The minimum absolute atomic E-state index is 0.237. The van der Waals surface area contributed by atoms with Crippen LogP contribution in [0.4, 0.5) is 0 Å². The lowest BCUT2D eigenvalue weighted by molar-refractivity contribution is 0.114. The molecule has 76 valence electrons. The van der Waals surface area contributed by atoms with Gasteiger partial charge in [-0.05, 0) is 31.2 Å². The molecule has 0 aromatic heterocycles. The molecule has 1 aromatic carbocycles. The summed E-state index contributed by atoms with van der Waals surface area (Å²) in [5.74, 6) is 1.71. The zero-order valence-electron chi connectivity index (χ0n) is 8.23. The zero-order valence-corrected chi connectivity index (χ0v) is 8.23. The quantitative estimate of drug-likeness (QED) is 0.762. The summed E-state index contributed by atoms with van der Waals surface area (Å²) in [5.41, 5.74) is 0. The Morgan fingerprint density at radius 1 is 1.36 bits per heavy atom. The van der Waals surface area contributed by atoms with E-state index in [4.69, 9.17) is 9.84 Å². The van der Waals surface area contributed by atoms with Gasteiger partial charge in [0.25, 0.3) is 0 Å². The van der Waals surface area contributed by atoms with Gasteiger partial charge in [-0.25, -0.2) is 0 Å². The van der Waals surface area contributed by atoms with Gasteiger partial charge in [-0.15, -0.1) is 0 Å². The van der Waals surface area contributed by atoms with E-state index in [2.05, 4.69) is 12.2 Å². The van der Waals surface area contributed by atoms with Gasteiger partial charge in [-0.3, -0.25) is 0 Å². The monoisotopic (exact) mass is 193 g/mol. The molecule has 2 N–H and O–H groups in total. The van der Waals surface area contributed by atoms with E-state index in [9.17, 15) is 0 Å². The molecule has 14 heavy (non-hydrogen) atoms. The topological polar surface area (TPSA) is 41.5 Å². The number of phenols is 1. The van der Waals surface area contributed by atoms with Crippen LogP contribution in [-0.2, 0) is 0 Å². The second-order valence-electron chi connectivity index (χ2n) is 3.74. The zero-order chi connectivity index (χ0) is 9.97. The highest BCUT2D eigenvalue weighted by atomic mass is 16.5. The van der Waals surface area contributed by atoms with Gasteiger partial charge in [0.2, 0.25) is 0 Å². The minimum Gasteiger partial charge on any atom is -0.508 e. The van der Waals surface area contributed by atoms with E-state index in [-0.39, 0.29) is 11.9 Å². The summed E-state index contributed by atoms with van der Waals surface area (Å²) in [4.78, 5) is 0. The summed E-state index contributed by atoms with van der Waals surface area (Å²) in [6.45, 7) is 4.16. The number of aromatic hydroxyl groups is 1. The first-order valence-corrected chi connectivity index (χ1v) is 4.92. The fourth-order valence-electron chi connectivity index (χ4n) is 1.48. The Labute approximate surface area is 83.7 Å². The summed E-state index contributed by atoms with van der Waals surface area (Å²) in [7, 11) is 0. The van der Waals surface area contributed by atoms with Crippen LogP contribution in [0.1, 0.15) is 6.92 Å². The molecule has 1 heterocycles. The van der Waals surface area contributed by atoms with E-state index in [1.165, 1.54) is 0 Å². The van der Waals surface area contributed by atoms with Crippen molar-refractivity contribution in [2.75, 3.05) is 13.1 Å². The maximum Gasteiger partial charge on any atom is 0.119 e. The molecule has 0 bridgehead atoms. The summed E-state index contributed by atoms with van der Waals surface area (Å²) < 4.78 is 5.72. The van der Waals surface area contributed by atoms with Crippen molar-refractivity contribution >= 4 is 0 Å². The highest BCUT2D eigenvalue weighted by molar-refractivity contribution is 5.30. The molecule has 1 fully saturated rings. The lowest BCUT2D eigenvalue weighted by Crippen LogP contribution is -2.49. The number of nitrogens with one attached hydrogen (secondary N) is 1. The molecule has 3 heteroatoms. The molecule has 0 spiro atoms. The van der Waals surface area contributed by atoms with Crippen molar-refractivity contribution in [3.8, 4) is 11.5 Å². The third-order valence-electron chi connectivity index (χ3n) is 2.64. The van der Waals surface area contributed by atoms with Crippen molar-refractivity contribution in [1.82, 2.24) is 5.32 Å².